The van der Waals surface area contributed by atoms with Gasteiger partial charge < -0.3 is 5.11 Å². The van der Waals surface area contributed by atoms with Crippen molar-refractivity contribution in [3.8, 4) is 6.07 Å². The second-order valence-electron chi connectivity index (χ2n) is 4.00. The molecule has 0 bridgehead atoms. The highest BCUT2D eigenvalue weighted by Crippen LogP contribution is 2.32. The molecule has 21 heavy (non-hydrogen) atoms. The van der Waals surface area contributed by atoms with E-state index in [1.165, 1.54) is 6.07 Å². The Morgan fingerprint density at radius 2 is 2.00 bits per heavy atom. The van der Waals surface area contributed by atoms with Crippen molar-refractivity contribution in [2.75, 3.05) is 4.72 Å². The number of nitrogens with zero attached hydrogens (tertiary/aromatic N) is 1. The molecule has 6 nitrogen and oxygen atoms in total. The Kier molecular flexibility index (Phi) is 4.48. The monoisotopic (exact) mass is 322 g/mol. The third kappa shape index (κ3) is 3.85. The summed E-state index contributed by atoms with van der Waals surface area (Å²) in [6.45, 7) is 0.890. The van der Waals surface area contributed by atoms with Crippen LogP contribution in [-0.2, 0) is 21.0 Å². The average Bonchev–Trinajstić information content (AvgIpc) is 2.36. The van der Waals surface area contributed by atoms with E-state index in [2.05, 4.69) is 0 Å². The van der Waals surface area contributed by atoms with Gasteiger partial charge in [0.05, 0.1) is 16.8 Å². The molecule has 2 N–H and O–H groups in total. The first-order chi connectivity index (χ1) is 9.49. The quantitative estimate of drug-likeness (QED) is 0.879. The minimum atomic E-state index is -4.68. The lowest BCUT2D eigenvalue weighted by Crippen LogP contribution is -2.32. The maximum absolute atomic E-state index is 12.5. The first kappa shape index (κ1) is 16.8. The lowest BCUT2D eigenvalue weighted by Gasteiger charge is -2.14. The topological polar surface area (TPSA) is 107 Å². The summed E-state index contributed by atoms with van der Waals surface area (Å²) >= 11 is 0. The molecule has 10 heteroatoms. The molecule has 1 atom stereocenters. The third-order valence-electron chi connectivity index (χ3n) is 2.53. The molecule has 1 unspecified atom stereocenters. The number of hydrogen-bond acceptors (Lipinski definition) is 4. The van der Waals surface area contributed by atoms with Crippen LogP contribution in [0.25, 0.3) is 0 Å². The predicted molar refractivity (Wildman–Crippen MR) is 65.8 cm³/mol. The van der Waals surface area contributed by atoms with Crippen molar-refractivity contribution in [2.24, 2.45) is 0 Å². The first-order valence-electron chi connectivity index (χ1n) is 5.35. The highest BCUT2D eigenvalue weighted by Gasteiger charge is 2.32. The second-order valence-corrected chi connectivity index (χ2v) is 6.00. The molecular formula is C11H9F3N2O4S. The van der Waals surface area contributed by atoms with Gasteiger partial charge in [-0.2, -0.15) is 18.4 Å². The Morgan fingerprint density at radius 3 is 2.43 bits per heavy atom. The van der Waals surface area contributed by atoms with Crippen LogP contribution in [0.5, 0.6) is 0 Å². The average molecular weight is 322 g/mol. The Labute approximate surface area is 117 Å². The van der Waals surface area contributed by atoms with Crippen LogP contribution < -0.4 is 4.72 Å². The molecule has 0 aliphatic carbocycles. The molecule has 0 fully saturated rings. The predicted octanol–water partition coefficient (Wildman–Crippen LogP) is 1.79. The van der Waals surface area contributed by atoms with Crippen LogP contribution in [0.1, 0.15) is 18.1 Å². The van der Waals surface area contributed by atoms with Gasteiger partial charge in [0.1, 0.15) is 6.07 Å². The fraction of sp³-hybridized carbons (Fsp3) is 0.273. The lowest BCUT2D eigenvalue weighted by molar-refractivity contribution is -0.138. The number of halogens is 3. The SMILES string of the molecule is CC(C(=O)O)S(=O)(=O)Nc1ccc(C(F)(F)F)cc1C#N. The largest absolute Gasteiger partial charge is 0.480 e. The van der Waals surface area contributed by atoms with Crippen molar-refractivity contribution in [3.05, 3.63) is 29.3 Å². The van der Waals surface area contributed by atoms with Crippen LogP contribution in [0.4, 0.5) is 18.9 Å². The van der Waals surface area contributed by atoms with Gasteiger partial charge in [0, 0.05) is 0 Å². The van der Waals surface area contributed by atoms with Gasteiger partial charge >= 0.3 is 12.1 Å². The highest BCUT2D eigenvalue weighted by atomic mass is 32.2. The zero-order chi connectivity index (χ0) is 16.4. The number of carboxylic acid groups (broad SMARTS) is 1. The molecule has 0 radical (unpaired) electrons. The molecule has 0 spiro atoms. The number of aliphatic carboxylic acids is 1. The molecule has 1 aromatic carbocycles. The molecular weight excluding hydrogens is 313 g/mol. The summed E-state index contributed by atoms with van der Waals surface area (Å²) in [4.78, 5) is 10.6. The molecule has 0 aromatic heterocycles. The highest BCUT2D eigenvalue weighted by molar-refractivity contribution is 7.94. The molecule has 0 amide bonds. The lowest BCUT2D eigenvalue weighted by atomic mass is 10.1. The van der Waals surface area contributed by atoms with E-state index in [0.717, 1.165) is 13.0 Å². The molecule has 0 saturated carbocycles. The van der Waals surface area contributed by atoms with Gasteiger partial charge in [-0.15, -0.1) is 0 Å². The molecule has 1 rings (SSSR count). The molecule has 0 saturated heterocycles. The standard InChI is InChI=1S/C11H9F3N2O4S/c1-6(10(17)18)21(19,20)16-9-3-2-8(11(12,13)14)4-7(9)5-15/h2-4,6,16H,1H3,(H,17,18). The maximum Gasteiger partial charge on any atom is 0.416 e. The summed E-state index contributed by atoms with van der Waals surface area (Å²) in [7, 11) is -4.38. The van der Waals surface area contributed by atoms with E-state index in [4.69, 9.17) is 10.4 Å². The minimum Gasteiger partial charge on any atom is -0.480 e. The zero-order valence-electron chi connectivity index (χ0n) is 10.5. The molecule has 0 aliphatic heterocycles. The van der Waals surface area contributed by atoms with Crippen molar-refractivity contribution in [3.63, 3.8) is 0 Å². The van der Waals surface area contributed by atoms with E-state index in [1.807, 2.05) is 0 Å². The fourth-order valence-corrected chi connectivity index (χ4v) is 2.20. The van der Waals surface area contributed by atoms with E-state index in [-0.39, 0.29) is 0 Å². The summed E-state index contributed by atoms with van der Waals surface area (Å²) in [5.74, 6) is -1.63. The van der Waals surface area contributed by atoms with Gasteiger partial charge in [-0.05, 0) is 25.1 Å². The van der Waals surface area contributed by atoms with E-state index < -0.39 is 44.2 Å². The normalized spacial score (nSPS) is 13.3. The summed E-state index contributed by atoms with van der Waals surface area (Å²) in [5, 5.41) is 15.6. The number of alkyl halides is 3. The number of rotatable bonds is 4. The Hall–Kier alpha value is -2.28. The van der Waals surface area contributed by atoms with E-state index >= 15 is 0 Å². The van der Waals surface area contributed by atoms with Gasteiger partial charge in [0.2, 0.25) is 10.0 Å². The minimum absolute atomic E-state index is 0.418. The second kappa shape index (κ2) is 5.61. The molecule has 114 valence electrons. The molecule has 0 aliphatic rings. The number of sulfonamides is 1. The van der Waals surface area contributed by atoms with Crippen molar-refractivity contribution in [1.29, 1.82) is 5.26 Å². The number of benzene rings is 1. The van der Waals surface area contributed by atoms with Crippen molar-refractivity contribution >= 4 is 21.7 Å². The van der Waals surface area contributed by atoms with Crippen LogP contribution in [-0.4, -0.2) is 24.7 Å². The molecule has 0 heterocycles. The summed E-state index contributed by atoms with van der Waals surface area (Å²) in [5.41, 5.74) is -2.10. The number of carboxylic acids is 1. The van der Waals surface area contributed by atoms with Crippen LogP contribution in [0.2, 0.25) is 0 Å². The summed E-state index contributed by atoms with van der Waals surface area (Å²) in [6.07, 6.45) is -4.68. The number of hydrogen-bond donors (Lipinski definition) is 2. The summed E-state index contributed by atoms with van der Waals surface area (Å²) < 4.78 is 62.6. The Balaban J connectivity index is 3.23. The van der Waals surface area contributed by atoms with Crippen molar-refractivity contribution in [2.45, 2.75) is 18.3 Å². The van der Waals surface area contributed by atoms with E-state index in [9.17, 15) is 26.4 Å². The van der Waals surface area contributed by atoms with Crippen molar-refractivity contribution < 1.29 is 31.5 Å². The van der Waals surface area contributed by atoms with Crippen LogP contribution in [0, 0.1) is 11.3 Å². The van der Waals surface area contributed by atoms with E-state index in [0.29, 0.717) is 12.1 Å². The van der Waals surface area contributed by atoms with Gasteiger partial charge in [0.15, 0.2) is 5.25 Å². The maximum atomic E-state index is 12.5. The number of nitriles is 1. The Bertz CT molecular complexity index is 707. The number of nitrogens with one attached hydrogen (secondary N) is 1. The Morgan fingerprint density at radius 1 is 1.43 bits per heavy atom. The fourth-order valence-electron chi connectivity index (χ4n) is 1.28. The van der Waals surface area contributed by atoms with Gasteiger partial charge in [-0.25, -0.2) is 8.42 Å². The first-order valence-corrected chi connectivity index (χ1v) is 6.89. The van der Waals surface area contributed by atoms with Gasteiger partial charge in [0.25, 0.3) is 0 Å². The van der Waals surface area contributed by atoms with Crippen LogP contribution >= 0.6 is 0 Å². The molecule has 1 aromatic rings. The van der Waals surface area contributed by atoms with Gasteiger partial charge in [-0.1, -0.05) is 0 Å². The summed E-state index contributed by atoms with van der Waals surface area (Å²) in [6, 6.07) is 3.24. The number of carbonyl (C=O) groups is 1. The number of anilines is 1. The smallest absolute Gasteiger partial charge is 0.416 e. The van der Waals surface area contributed by atoms with Gasteiger partial charge in [-0.3, -0.25) is 9.52 Å². The van der Waals surface area contributed by atoms with Crippen LogP contribution in [0.15, 0.2) is 18.2 Å². The van der Waals surface area contributed by atoms with E-state index in [1.54, 1.807) is 4.72 Å². The van der Waals surface area contributed by atoms with Crippen LogP contribution in [0.3, 0.4) is 0 Å². The van der Waals surface area contributed by atoms with Crippen molar-refractivity contribution in [1.82, 2.24) is 0 Å². The third-order valence-corrected chi connectivity index (χ3v) is 4.17. The zero-order valence-corrected chi connectivity index (χ0v) is 11.3.